The van der Waals surface area contributed by atoms with E-state index in [2.05, 4.69) is 25.0 Å². The average molecular weight is 321 g/mol. The Bertz CT molecular complexity index is 225. The zero-order chi connectivity index (χ0) is 7.56. The van der Waals surface area contributed by atoms with Crippen molar-refractivity contribution in [2.45, 2.75) is 4.18 Å². The molecule has 0 aliphatic carbocycles. The molecule has 0 atom stereocenters. The van der Waals surface area contributed by atoms with Crippen LogP contribution in [0.3, 0.4) is 0 Å². The van der Waals surface area contributed by atoms with E-state index in [-0.39, 0.29) is 0 Å². The molecule has 0 unspecified atom stereocenters. The summed E-state index contributed by atoms with van der Waals surface area (Å²) in [5, 5.41) is 8.90. The van der Waals surface area contributed by atoms with Gasteiger partial charge in [-0.2, -0.15) is 0 Å². The summed E-state index contributed by atoms with van der Waals surface area (Å²) in [6.45, 7) is 0. The van der Waals surface area contributed by atoms with Gasteiger partial charge in [-0.15, -0.1) is 0 Å². The summed E-state index contributed by atoms with van der Waals surface area (Å²) in [5.41, 5.74) is 0. The Morgan fingerprint density at radius 1 is 1.90 bits per heavy atom. The number of nitrogens with zero attached hydrogens (tertiary/aromatic N) is 2. The Balaban J connectivity index is 2.66. The first-order chi connectivity index (χ1) is 4.74. The summed E-state index contributed by atoms with van der Waals surface area (Å²) >= 11 is 6.97. The Kier molecular flexibility index (Phi) is 3.28. The van der Waals surface area contributed by atoms with E-state index < -0.39 is 21.7 Å². The molecule has 0 fully saturated rings. The molecule has 0 amide bonds. The second kappa shape index (κ2) is 3.80. The first-order valence-corrected chi connectivity index (χ1v) is 9.60. The van der Waals surface area contributed by atoms with Gasteiger partial charge < -0.3 is 0 Å². The summed E-state index contributed by atoms with van der Waals surface area (Å²) in [6, 6.07) is 2.11. The van der Waals surface area contributed by atoms with Gasteiger partial charge in [0.1, 0.15) is 0 Å². The molecule has 0 aromatic carbocycles. The zero-order valence-electron chi connectivity index (χ0n) is 5.01. The van der Waals surface area contributed by atoms with Crippen LogP contribution in [0.5, 0.6) is 0 Å². The van der Waals surface area contributed by atoms with Gasteiger partial charge >= 0.3 is 81.2 Å². The zero-order valence-corrected chi connectivity index (χ0v) is 10.6. The normalized spacial score (nSPS) is 16.3. The third kappa shape index (κ3) is 2.01. The van der Waals surface area contributed by atoms with E-state index >= 15 is 0 Å². The molecule has 0 saturated heterocycles. The molecule has 0 aromatic rings. The maximum absolute atomic E-state index is 8.34. The molecule has 0 N–H and O–H groups in total. The predicted molar refractivity (Wildman–Crippen MR) is 46.5 cm³/mol. The van der Waals surface area contributed by atoms with E-state index in [4.69, 9.17) is 16.9 Å². The number of allylic oxidation sites excluding steroid dienone is 1. The van der Waals surface area contributed by atoms with Crippen LogP contribution in [0.4, 0.5) is 0 Å². The summed E-state index contributed by atoms with van der Waals surface area (Å²) in [4.78, 5) is 0. The van der Waals surface area contributed by atoms with Gasteiger partial charge in [-0.05, 0) is 0 Å². The monoisotopic (exact) mass is 320 g/mol. The van der Waals surface area contributed by atoms with Gasteiger partial charge in [-0.25, -0.2) is 0 Å². The van der Waals surface area contributed by atoms with Crippen molar-refractivity contribution in [2.75, 3.05) is 0 Å². The molecule has 2 nitrogen and oxygen atoms in total. The predicted octanol–water partition coefficient (Wildman–Crippen LogP) is 1.97. The van der Waals surface area contributed by atoms with Gasteiger partial charge in [-0.3, -0.25) is 0 Å². The number of hydrogen-bond acceptors (Lipinski definition) is 2. The summed E-state index contributed by atoms with van der Waals surface area (Å²) in [5.74, 6) is 0. The van der Waals surface area contributed by atoms with E-state index in [1.165, 1.54) is 0 Å². The molecule has 5 heteroatoms. The molecule has 0 spiro atoms. The minimum atomic E-state index is -1.96. The van der Waals surface area contributed by atoms with Crippen molar-refractivity contribution in [2.24, 2.45) is 2.98 Å². The second-order valence-corrected chi connectivity index (χ2v) is 9.17. The Labute approximate surface area is 80.6 Å². The third-order valence-electron chi connectivity index (χ3n) is 1.12. The molecule has 1 heterocycles. The van der Waals surface area contributed by atoms with E-state index in [9.17, 15) is 0 Å². The van der Waals surface area contributed by atoms with Gasteiger partial charge in [0.05, 0.1) is 0 Å². The van der Waals surface area contributed by atoms with Gasteiger partial charge in [0.2, 0.25) is 0 Å². The van der Waals surface area contributed by atoms with Crippen LogP contribution in [0.1, 0.15) is 0 Å². The van der Waals surface area contributed by atoms with E-state index in [0.29, 0.717) is 9.35 Å². The van der Waals surface area contributed by atoms with Gasteiger partial charge in [0.15, 0.2) is 0 Å². The second-order valence-electron chi connectivity index (χ2n) is 1.86. The standard InChI is InChI=1S/C3HBrClN.C2H2N.In/c1-2(4)3(5)6;1-2-3;/h1H;1H2;/q-1;;+1. The molecule has 0 saturated carbocycles. The van der Waals surface area contributed by atoms with Crippen LogP contribution in [-0.4, -0.2) is 26.9 Å². The third-order valence-corrected chi connectivity index (χ3v) is 9.59. The number of rotatable bonds is 1. The van der Waals surface area contributed by atoms with Crippen molar-refractivity contribution < 1.29 is 0 Å². The summed E-state index contributed by atoms with van der Waals surface area (Å²) < 4.78 is 7.71. The first kappa shape index (κ1) is 8.64. The molecular weight excluding hydrogens is 318 g/mol. The quantitative estimate of drug-likeness (QED) is 0.727. The van der Waals surface area contributed by atoms with Crippen molar-refractivity contribution in [3.05, 3.63) is 8.31 Å². The summed E-state index contributed by atoms with van der Waals surface area (Å²) in [7, 11) is 0. The Morgan fingerprint density at radius 2 is 2.60 bits per heavy atom. The van der Waals surface area contributed by atoms with Crippen molar-refractivity contribution in [1.29, 1.82) is 5.26 Å². The molecule has 0 bridgehead atoms. The average Bonchev–Trinajstić information content (AvgIpc) is 2.14. The van der Waals surface area contributed by atoms with Gasteiger partial charge in [0.25, 0.3) is 0 Å². The molecular formula is C5H3BrClInN2. The van der Waals surface area contributed by atoms with Crippen LogP contribution in [0.25, 0.3) is 0 Å². The Morgan fingerprint density at radius 3 is 3.00 bits per heavy atom. The molecule has 10 heavy (non-hydrogen) atoms. The number of nitriles is 1. The molecule has 0 aromatic heterocycles. The van der Waals surface area contributed by atoms with Gasteiger partial charge in [0, 0.05) is 0 Å². The summed E-state index contributed by atoms with van der Waals surface area (Å²) in [6.07, 6.45) is 0. The fourth-order valence-corrected chi connectivity index (χ4v) is 8.56. The van der Waals surface area contributed by atoms with Crippen LogP contribution in [0, 0.1) is 11.3 Å². The maximum atomic E-state index is 8.34. The van der Waals surface area contributed by atoms with Crippen LogP contribution in [0.2, 0.25) is 4.18 Å². The number of hydrogen-bond donors (Lipinski definition) is 0. The van der Waals surface area contributed by atoms with Crippen LogP contribution in [0.15, 0.2) is 11.3 Å². The molecule has 1 aliphatic rings. The van der Waals surface area contributed by atoms with Crippen LogP contribution in [-0.2, 0) is 0 Å². The van der Waals surface area contributed by atoms with Crippen LogP contribution < -0.4 is 0 Å². The van der Waals surface area contributed by atoms with Crippen molar-refractivity contribution >= 4 is 54.4 Å². The van der Waals surface area contributed by atoms with Crippen molar-refractivity contribution in [1.82, 2.24) is 0 Å². The fraction of sp³-hybridized carbons (Fsp3) is 0.200. The fourth-order valence-electron chi connectivity index (χ4n) is 0.680. The van der Waals surface area contributed by atoms with E-state index in [1.807, 2.05) is 3.83 Å². The van der Waals surface area contributed by atoms with Crippen molar-refractivity contribution in [3.8, 4) is 6.07 Å². The molecule has 50 valence electrons. The van der Waals surface area contributed by atoms with Crippen LogP contribution >= 0.6 is 27.5 Å². The van der Waals surface area contributed by atoms with E-state index in [0.717, 1.165) is 4.48 Å². The number of halogens is 2. The minimum absolute atomic E-state index is 0.552. The molecule has 1 rings (SSSR count). The SMILES string of the molecule is N#C[CH2][In]1[CH]=C(Br)C(Cl)=[N]1. The van der Waals surface area contributed by atoms with Gasteiger partial charge in [-0.1, -0.05) is 0 Å². The first-order valence-electron chi connectivity index (χ1n) is 2.72. The topological polar surface area (TPSA) is 36.1 Å². The molecule has 0 radical (unpaired) electrons. The molecule has 1 aliphatic heterocycles. The Hall–Kier alpha value is 0.540. The van der Waals surface area contributed by atoms with E-state index in [1.54, 1.807) is 0 Å². The van der Waals surface area contributed by atoms with Crippen molar-refractivity contribution in [3.63, 3.8) is 0 Å².